The molecule has 0 radical (unpaired) electrons. The fraction of sp³-hybridized carbons (Fsp3) is 0.600. The third-order valence-electron chi connectivity index (χ3n) is 1.87. The molecular weight excluding hydrogens is 164 g/mol. The first-order valence-corrected chi connectivity index (χ1v) is 4.77. The van der Waals surface area contributed by atoms with Crippen LogP contribution < -0.4 is 5.32 Å². The van der Waals surface area contributed by atoms with Crippen LogP contribution in [0, 0.1) is 0 Å². The standard InChI is InChI=1S/C10H18N2O/c1-3-13-9(2)6-12-8-10-4-5-11-7-10/h4-5,7,9,11-12H,3,6,8H2,1-2H3. The van der Waals surface area contributed by atoms with Gasteiger partial charge in [-0.3, -0.25) is 0 Å². The summed E-state index contributed by atoms with van der Waals surface area (Å²) in [7, 11) is 0. The van der Waals surface area contributed by atoms with Crippen LogP contribution in [-0.2, 0) is 11.3 Å². The molecule has 0 amide bonds. The van der Waals surface area contributed by atoms with Crippen LogP contribution in [0.2, 0.25) is 0 Å². The van der Waals surface area contributed by atoms with Crippen LogP contribution in [0.15, 0.2) is 18.5 Å². The number of aromatic nitrogens is 1. The lowest BCUT2D eigenvalue weighted by atomic mass is 10.3. The molecule has 0 saturated carbocycles. The normalized spacial score (nSPS) is 13.1. The van der Waals surface area contributed by atoms with Crippen molar-refractivity contribution in [2.75, 3.05) is 13.2 Å². The fourth-order valence-electron chi connectivity index (χ4n) is 1.23. The van der Waals surface area contributed by atoms with Gasteiger partial charge in [0.15, 0.2) is 0 Å². The Morgan fingerprint density at radius 1 is 1.62 bits per heavy atom. The minimum absolute atomic E-state index is 0.295. The summed E-state index contributed by atoms with van der Waals surface area (Å²) in [5, 5.41) is 3.33. The molecule has 1 aromatic heterocycles. The Morgan fingerprint density at radius 3 is 3.08 bits per heavy atom. The van der Waals surface area contributed by atoms with E-state index < -0.39 is 0 Å². The summed E-state index contributed by atoms with van der Waals surface area (Å²) >= 11 is 0. The SMILES string of the molecule is CCOC(C)CNCc1cc[nH]c1. The summed E-state index contributed by atoms with van der Waals surface area (Å²) in [5.74, 6) is 0. The Morgan fingerprint density at radius 2 is 2.46 bits per heavy atom. The van der Waals surface area contributed by atoms with Gasteiger partial charge < -0.3 is 15.0 Å². The van der Waals surface area contributed by atoms with E-state index in [-0.39, 0.29) is 0 Å². The predicted octanol–water partition coefficient (Wildman–Crippen LogP) is 1.53. The molecule has 3 heteroatoms. The van der Waals surface area contributed by atoms with Gasteiger partial charge in [-0.15, -0.1) is 0 Å². The number of rotatable bonds is 6. The zero-order valence-corrected chi connectivity index (χ0v) is 8.34. The lowest BCUT2D eigenvalue weighted by molar-refractivity contribution is 0.0759. The number of ether oxygens (including phenoxy) is 1. The third kappa shape index (κ3) is 4.10. The molecule has 0 aliphatic heterocycles. The Kier molecular flexibility index (Phi) is 4.57. The number of hydrogen-bond donors (Lipinski definition) is 2. The quantitative estimate of drug-likeness (QED) is 0.700. The molecule has 0 spiro atoms. The van der Waals surface area contributed by atoms with Crippen molar-refractivity contribution in [2.45, 2.75) is 26.5 Å². The molecule has 74 valence electrons. The average molecular weight is 182 g/mol. The van der Waals surface area contributed by atoms with Gasteiger partial charge >= 0.3 is 0 Å². The highest BCUT2D eigenvalue weighted by Gasteiger charge is 1.99. The van der Waals surface area contributed by atoms with Crippen molar-refractivity contribution in [2.24, 2.45) is 0 Å². The molecule has 2 N–H and O–H groups in total. The summed E-state index contributed by atoms with van der Waals surface area (Å²) in [6.45, 7) is 6.68. The maximum Gasteiger partial charge on any atom is 0.0671 e. The Labute approximate surface area is 79.5 Å². The first kappa shape index (κ1) is 10.3. The van der Waals surface area contributed by atoms with Gasteiger partial charge in [0.05, 0.1) is 6.10 Å². The van der Waals surface area contributed by atoms with Crippen LogP contribution in [0.1, 0.15) is 19.4 Å². The van der Waals surface area contributed by atoms with E-state index >= 15 is 0 Å². The smallest absolute Gasteiger partial charge is 0.0671 e. The molecule has 1 rings (SSSR count). The lowest BCUT2D eigenvalue weighted by Crippen LogP contribution is -2.26. The zero-order valence-electron chi connectivity index (χ0n) is 8.34. The van der Waals surface area contributed by atoms with Gasteiger partial charge in [-0.2, -0.15) is 0 Å². The summed E-state index contributed by atoms with van der Waals surface area (Å²) in [6.07, 6.45) is 4.23. The van der Waals surface area contributed by atoms with E-state index in [4.69, 9.17) is 4.74 Å². The van der Waals surface area contributed by atoms with Crippen LogP contribution in [0.4, 0.5) is 0 Å². The molecule has 0 bridgehead atoms. The highest BCUT2D eigenvalue weighted by Crippen LogP contribution is 1.95. The monoisotopic (exact) mass is 182 g/mol. The van der Waals surface area contributed by atoms with Crippen molar-refractivity contribution >= 4 is 0 Å². The summed E-state index contributed by atoms with van der Waals surface area (Å²) in [6, 6.07) is 2.07. The summed E-state index contributed by atoms with van der Waals surface area (Å²) in [5.41, 5.74) is 1.28. The lowest BCUT2D eigenvalue weighted by Gasteiger charge is -2.11. The predicted molar refractivity (Wildman–Crippen MR) is 53.6 cm³/mol. The molecule has 0 aromatic carbocycles. The van der Waals surface area contributed by atoms with E-state index in [1.165, 1.54) is 5.56 Å². The molecule has 1 atom stereocenters. The molecule has 0 saturated heterocycles. The zero-order chi connectivity index (χ0) is 9.52. The minimum Gasteiger partial charge on any atom is -0.377 e. The van der Waals surface area contributed by atoms with Crippen LogP contribution in [0.5, 0.6) is 0 Å². The first-order valence-electron chi connectivity index (χ1n) is 4.77. The van der Waals surface area contributed by atoms with Gasteiger partial charge in [0.2, 0.25) is 0 Å². The van der Waals surface area contributed by atoms with E-state index in [2.05, 4.69) is 23.3 Å². The van der Waals surface area contributed by atoms with Crippen molar-refractivity contribution in [3.05, 3.63) is 24.0 Å². The van der Waals surface area contributed by atoms with E-state index in [1.807, 2.05) is 19.3 Å². The maximum absolute atomic E-state index is 5.39. The molecule has 0 fully saturated rings. The van der Waals surface area contributed by atoms with E-state index in [0.29, 0.717) is 6.10 Å². The van der Waals surface area contributed by atoms with Crippen molar-refractivity contribution in [1.82, 2.24) is 10.3 Å². The number of hydrogen-bond acceptors (Lipinski definition) is 2. The van der Waals surface area contributed by atoms with Gasteiger partial charge in [0.25, 0.3) is 0 Å². The van der Waals surface area contributed by atoms with Gasteiger partial charge in [0, 0.05) is 32.1 Å². The number of H-pyrrole nitrogens is 1. The summed E-state index contributed by atoms with van der Waals surface area (Å²) in [4.78, 5) is 3.02. The molecule has 3 nitrogen and oxygen atoms in total. The van der Waals surface area contributed by atoms with Crippen molar-refractivity contribution in [3.8, 4) is 0 Å². The minimum atomic E-state index is 0.295. The Hall–Kier alpha value is -0.800. The highest BCUT2D eigenvalue weighted by atomic mass is 16.5. The van der Waals surface area contributed by atoms with Gasteiger partial charge in [0.1, 0.15) is 0 Å². The highest BCUT2D eigenvalue weighted by molar-refractivity contribution is 5.07. The fourth-order valence-corrected chi connectivity index (χ4v) is 1.23. The summed E-state index contributed by atoms with van der Waals surface area (Å²) < 4.78 is 5.39. The van der Waals surface area contributed by atoms with Gasteiger partial charge in [-0.1, -0.05) is 0 Å². The van der Waals surface area contributed by atoms with E-state index in [1.54, 1.807) is 0 Å². The average Bonchev–Trinajstić information content (AvgIpc) is 2.57. The van der Waals surface area contributed by atoms with Crippen molar-refractivity contribution in [3.63, 3.8) is 0 Å². The molecule has 0 aliphatic rings. The Bertz CT molecular complexity index is 209. The largest absolute Gasteiger partial charge is 0.377 e. The molecular formula is C10H18N2O. The molecule has 0 aliphatic carbocycles. The van der Waals surface area contributed by atoms with E-state index in [0.717, 1.165) is 19.7 Å². The number of aromatic amines is 1. The van der Waals surface area contributed by atoms with Crippen LogP contribution >= 0.6 is 0 Å². The maximum atomic E-state index is 5.39. The molecule has 1 heterocycles. The second-order valence-corrected chi connectivity index (χ2v) is 3.12. The van der Waals surface area contributed by atoms with Gasteiger partial charge in [-0.05, 0) is 25.5 Å². The first-order chi connectivity index (χ1) is 6.33. The number of nitrogens with one attached hydrogen (secondary N) is 2. The van der Waals surface area contributed by atoms with Crippen molar-refractivity contribution < 1.29 is 4.74 Å². The second-order valence-electron chi connectivity index (χ2n) is 3.12. The van der Waals surface area contributed by atoms with Gasteiger partial charge in [-0.25, -0.2) is 0 Å². The molecule has 1 unspecified atom stereocenters. The second kappa shape index (κ2) is 5.78. The van der Waals surface area contributed by atoms with Crippen LogP contribution in [-0.4, -0.2) is 24.2 Å². The Balaban J connectivity index is 2.07. The topological polar surface area (TPSA) is 37.0 Å². The third-order valence-corrected chi connectivity index (χ3v) is 1.87. The van der Waals surface area contributed by atoms with Crippen molar-refractivity contribution in [1.29, 1.82) is 0 Å². The van der Waals surface area contributed by atoms with Crippen LogP contribution in [0.25, 0.3) is 0 Å². The molecule has 1 aromatic rings. The van der Waals surface area contributed by atoms with E-state index in [9.17, 15) is 0 Å². The van der Waals surface area contributed by atoms with Crippen LogP contribution in [0.3, 0.4) is 0 Å². The molecule has 13 heavy (non-hydrogen) atoms.